The van der Waals surface area contributed by atoms with Gasteiger partial charge in [0.05, 0.1) is 7.11 Å². The second-order valence-electron chi connectivity index (χ2n) is 8.54. The van der Waals surface area contributed by atoms with Crippen molar-refractivity contribution in [2.24, 2.45) is 0 Å². The van der Waals surface area contributed by atoms with Gasteiger partial charge in [0.2, 0.25) is 0 Å². The van der Waals surface area contributed by atoms with E-state index in [2.05, 4.69) is 4.74 Å². The third-order valence-electron chi connectivity index (χ3n) is 5.76. The SMILES string of the molecule is COC(=O)C1(O)C[C@@H](OC(=O)C=Cc2ccc(O)c(O)c2)C(O)[C@H](OC(=O)C=Cc2ccc(O)c(O)c2)C1. The summed E-state index contributed by atoms with van der Waals surface area (Å²) in [6, 6.07) is 7.61. The van der Waals surface area contributed by atoms with E-state index in [-0.39, 0.29) is 11.5 Å². The first-order chi connectivity index (χ1) is 17.9. The molecule has 0 bridgehead atoms. The zero-order valence-corrected chi connectivity index (χ0v) is 20.1. The molecule has 1 aliphatic carbocycles. The summed E-state index contributed by atoms with van der Waals surface area (Å²) in [5.74, 6) is -4.57. The first kappa shape index (κ1) is 28.0. The van der Waals surface area contributed by atoms with Gasteiger partial charge in [0, 0.05) is 25.0 Å². The predicted molar refractivity (Wildman–Crippen MR) is 130 cm³/mol. The lowest BCUT2D eigenvalue weighted by Gasteiger charge is -2.41. The number of ether oxygens (including phenoxy) is 3. The van der Waals surface area contributed by atoms with Crippen molar-refractivity contribution in [2.45, 2.75) is 36.8 Å². The average molecular weight is 530 g/mol. The van der Waals surface area contributed by atoms with E-state index in [0.29, 0.717) is 11.1 Å². The molecule has 3 rings (SSSR count). The van der Waals surface area contributed by atoms with Crippen LogP contribution in [-0.2, 0) is 28.6 Å². The Kier molecular flexibility index (Phi) is 8.61. The smallest absolute Gasteiger partial charge is 0.338 e. The molecule has 202 valence electrons. The lowest BCUT2D eigenvalue weighted by Crippen LogP contribution is -2.58. The van der Waals surface area contributed by atoms with E-state index in [1.165, 1.54) is 48.6 Å². The molecule has 2 atom stereocenters. The number of carbonyl (C=O) groups is 3. The van der Waals surface area contributed by atoms with Crippen molar-refractivity contribution in [3.05, 3.63) is 59.7 Å². The fraction of sp³-hybridized carbons (Fsp3) is 0.269. The molecule has 12 nitrogen and oxygen atoms in total. The molecule has 1 fully saturated rings. The van der Waals surface area contributed by atoms with Gasteiger partial charge in [-0.1, -0.05) is 12.1 Å². The number of phenols is 4. The monoisotopic (exact) mass is 530 g/mol. The second-order valence-corrected chi connectivity index (χ2v) is 8.54. The molecule has 12 heteroatoms. The Morgan fingerprint density at radius 1 is 0.789 bits per heavy atom. The highest BCUT2D eigenvalue weighted by atomic mass is 16.6. The Hall–Kier alpha value is -4.55. The van der Waals surface area contributed by atoms with Gasteiger partial charge >= 0.3 is 17.9 Å². The molecule has 0 aromatic heterocycles. The van der Waals surface area contributed by atoms with Gasteiger partial charge in [0.25, 0.3) is 0 Å². The van der Waals surface area contributed by atoms with Crippen molar-refractivity contribution < 1.29 is 59.2 Å². The highest BCUT2D eigenvalue weighted by Crippen LogP contribution is 2.34. The third kappa shape index (κ3) is 6.81. The number of aliphatic hydroxyl groups is 2. The summed E-state index contributed by atoms with van der Waals surface area (Å²) in [6.07, 6.45) is -1.23. The number of esters is 3. The Labute approximate surface area is 216 Å². The number of hydrogen-bond donors (Lipinski definition) is 6. The van der Waals surface area contributed by atoms with Crippen LogP contribution in [0.25, 0.3) is 12.2 Å². The number of aliphatic hydroxyl groups excluding tert-OH is 1. The summed E-state index contributed by atoms with van der Waals surface area (Å²) in [4.78, 5) is 37.0. The second kappa shape index (κ2) is 11.7. The number of hydrogen-bond acceptors (Lipinski definition) is 12. The first-order valence-corrected chi connectivity index (χ1v) is 11.2. The Morgan fingerprint density at radius 2 is 1.21 bits per heavy atom. The van der Waals surface area contributed by atoms with Gasteiger partial charge in [-0.3, -0.25) is 0 Å². The lowest BCUT2D eigenvalue weighted by molar-refractivity contribution is -0.204. The molecule has 0 heterocycles. The zero-order chi connectivity index (χ0) is 28.0. The van der Waals surface area contributed by atoms with Crippen LogP contribution in [0.2, 0.25) is 0 Å². The van der Waals surface area contributed by atoms with Crippen LogP contribution in [0.3, 0.4) is 0 Å². The van der Waals surface area contributed by atoms with Crippen molar-refractivity contribution in [2.75, 3.05) is 7.11 Å². The van der Waals surface area contributed by atoms with Gasteiger partial charge in [-0.15, -0.1) is 0 Å². The third-order valence-corrected chi connectivity index (χ3v) is 5.76. The highest BCUT2D eigenvalue weighted by molar-refractivity contribution is 5.88. The summed E-state index contributed by atoms with van der Waals surface area (Å²) < 4.78 is 15.1. The molecule has 2 aromatic rings. The number of benzene rings is 2. The Bertz CT molecular complexity index is 1180. The average Bonchev–Trinajstić information content (AvgIpc) is 2.87. The van der Waals surface area contributed by atoms with Crippen LogP contribution in [0.5, 0.6) is 23.0 Å². The van der Waals surface area contributed by atoms with E-state index >= 15 is 0 Å². The van der Waals surface area contributed by atoms with Crippen LogP contribution in [0.1, 0.15) is 24.0 Å². The summed E-state index contributed by atoms with van der Waals surface area (Å²) in [6.45, 7) is 0. The minimum Gasteiger partial charge on any atom is -0.504 e. The van der Waals surface area contributed by atoms with Crippen molar-refractivity contribution in [1.82, 2.24) is 0 Å². The maximum atomic E-state index is 12.4. The number of aromatic hydroxyl groups is 4. The predicted octanol–water partition coefficient (Wildman–Crippen LogP) is 1.12. The standard InChI is InChI=1S/C26H26O12/c1-36-25(34)26(35)12-20(37-22(31)8-4-14-2-6-16(27)18(29)10-14)24(33)21(13-26)38-23(32)9-5-15-3-7-17(28)19(30)11-15/h2-11,20-21,24,27-30,33,35H,12-13H2,1H3/t20-,21-,24?,26?/m1/s1. The van der Waals surface area contributed by atoms with E-state index in [1.807, 2.05) is 0 Å². The largest absolute Gasteiger partial charge is 0.504 e. The fourth-order valence-electron chi connectivity index (χ4n) is 3.80. The van der Waals surface area contributed by atoms with Gasteiger partial charge in [-0.2, -0.15) is 0 Å². The molecule has 0 amide bonds. The molecule has 0 radical (unpaired) electrons. The van der Waals surface area contributed by atoms with Crippen LogP contribution in [0.15, 0.2) is 48.6 Å². The summed E-state index contributed by atoms with van der Waals surface area (Å²) >= 11 is 0. The van der Waals surface area contributed by atoms with E-state index < -0.39 is 66.2 Å². The van der Waals surface area contributed by atoms with Crippen LogP contribution in [-0.4, -0.2) is 79.6 Å². The number of rotatable bonds is 7. The van der Waals surface area contributed by atoms with Gasteiger partial charge in [0.1, 0.15) is 18.3 Å². The van der Waals surface area contributed by atoms with Crippen molar-refractivity contribution in [1.29, 1.82) is 0 Å². The quantitative estimate of drug-likeness (QED) is 0.129. The maximum Gasteiger partial charge on any atom is 0.338 e. The normalized spacial score (nSPS) is 23.3. The zero-order valence-electron chi connectivity index (χ0n) is 20.1. The van der Waals surface area contributed by atoms with E-state index in [4.69, 9.17) is 9.47 Å². The van der Waals surface area contributed by atoms with Crippen molar-refractivity contribution in [3.8, 4) is 23.0 Å². The maximum absolute atomic E-state index is 12.4. The van der Waals surface area contributed by atoms with Gasteiger partial charge < -0.3 is 44.8 Å². The first-order valence-electron chi connectivity index (χ1n) is 11.2. The van der Waals surface area contributed by atoms with Crippen LogP contribution in [0, 0.1) is 0 Å². The summed E-state index contributed by atoms with van der Waals surface area (Å²) in [5, 5.41) is 59.4. The van der Waals surface area contributed by atoms with Crippen LogP contribution in [0.4, 0.5) is 0 Å². The minimum atomic E-state index is -2.25. The molecule has 0 spiro atoms. The topological polar surface area (TPSA) is 200 Å². The molecule has 0 aliphatic heterocycles. The minimum absolute atomic E-state index is 0.341. The molecule has 2 aromatic carbocycles. The van der Waals surface area contributed by atoms with Gasteiger partial charge in [-0.05, 0) is 47.5 Å². The molecule has 1 saturated carbocycles. The number of carbonyl (C=O) groups excluding carboxylic acids is 3. The van der Waals surface area contributed by atoms with Crippen molar-refractivity contribution in [3.63, 3.8) is 0 Å². The van der Waals surface area contributed by atoms with E-state index in [1.54, 1.807) is 0 Å². The molecule has 0 saturated heterocycles. The molecule has 6 N–H and O–H groups in total. The van der Waals surface area contributed by atoms with Gasteiger partial charge in [0.15, 0.2) is 28.6 Å². The van der Waals surface area contributed by atoms with Crippen LogP contribution < -0.4 is 0 Å². The number of methoxy groups -OCH3 is 1. The summed E-state index contributed by atoms with van der Waals surface area (Å²) in [5.41, 5.74) is -1.57. The van der Waals surface area contributed by atoms with Gasteiger partial charge in [-0.25, -0.2) is 14.4 Å². The number of phenolic OH excluding ortho intramolecular Hbond substituents is 4. The van der Waals surface area contributed by atoms with Crippen molar-refractivity contribution >= 4 is 30.1 Å². The molecular weight excluding hydrogens is 504 g/mol. The van der Waals surface area contributed by atoms with E-state index in [0.717, 1.165) is 19.3 Å². The van der Waals surface area contributed by atoms with Crippen LogP contribution >= 0.6 is 0 Å². The molecular formula is C26H26O12. The Morgan fingerprint density at radius 3 is 1.58 bits per heavy atom. The Balaban J connectivity index is 1.73. The summed E-state index contributed by atoms with van der Waals surface area (Å²) in [7, 11) is 1.03. The molecule has 0 unspecified atom stereocenters. The highest BCUT2D eigenvalue weighted by Gasteiger charge is 2.52. The molecule has 38 heavy (non-hydrogen) atoms. The van der Waals surface area contributed by atoms with E-state index in [9.17, 15) is 45.0 Å². The fourth-order valence-corrected chi connectivity index (χ4v) is 3.80. The lowest BCUT2D eigenvalue weighted by atomic mass is 9.79. The molecule has 1 aliphatic rings.